The van der Waals surface area contributed by atoms with Gasteiger partial charge in [-0.2, -0.15) is 0 Å². The summed E-state index contributed by atoms with van der Waals surface area (Å²) in [6, 6.07) is 11.4. The van der Waals surface area contributed by atoms with Crippen LogP contribution < -0.4 is 14.8 Å². The first kappa shape index (κ1) is 23.5. The maximum Gasteiger partial charge on any atom is 0.336 e. The normalized spacial score (nSPS) is 17.8. The van der Waals surface area contributed by atoms with Crippen LogP contribution in [0.5, 0.6) is 11.5 Å². The van der Waals surface area contributed by atoms with E-state index in [1.165, 1.54) is 12.1 Å². The third kappa shape index (κ3) is 4.69. The number of nitrogens with one attached hydrogen (secondary N) is 1. The van der Waals surface area contributed by atoms with Crippen molar-refractivity contribution in [2.45, 2.75) is 45.6 Å². The van der Waals surface area contributed by atoms with Crippen LogP contribution in [0.4, 0.5) is 4.39 Å². The molecule has 0 spiro atoms. The number of hydrogen-bond acceptors (Lipinski definition) is 6. The molecule has 0 radical (unpaired) electrons. The van der Waals surface area contributed by atoms with E-state index in [0.29, 0.717) is 34.8 Å². The maximum atomic E-state index is 13.2. The van der Waals surface area contributed by atoms with Crippen molar-refractivity contribution in [2.24, 2.45) is 0 Å². The van der Waals surface area contributed by atoms with Crippen LogP contribution in [0.1, 0.15) is 50.2 Å². The molecule has 0 saturated heterocycles. The summed E-state index contributed by atoms with van der Waals surface area (Å²) in [5, 5.41) is 3.28. The molecular weight excluding hydrogens is 437 g/mol. The summed E-state index contributed by atoms with van der Waals surface area (Å²) >= 11 is 0. The van der Waals surface area contributed by atoms with Crippen molar-refractivity contribution < 1.29 is 28.2 Å². The highest BCUT2D eigenvalue weighted by atomic mass is 19.1. The number of esters is 1. The number of ether oxygens (including phenoxy) is 3. The second kappa shape index (κ2) is 10.1. The summed E-state index contributed by atoms with van der Waals surface area (Å²) < 4.78 is 29.9. The van der Waals surface area contributed by atoms with E-state index < -0.39 is 11.9 Å². The van der Waals surface area contributed by atoms with Crippen LogP contribution in [-0.4, -0.2) is 25.5 Å². The average Bonchev–Trinajstić information content (AvgIpc) is 2.83. The van der Waals surface area contributed by atoms with Crippen molar-refractivity contribution in [3.05, 3.63) is 81.9 Å². The van der Waals surface area contributed by atoms with Gasteiger partial charge in [0, 0.05) is 34.9 Å². The zero-order valence-electron chi connectivity index (χ0n) is 19.6. The van der Waals surface area contributed by atoms with Gasteiger partial charge in [0.1, 0.15) is 23.9 Å². The van der Waals surface area contributed by atoms with Gasteiger partial charge in [0.2, 0.25) is 0 Å². The van der Waals surface area contributed by atoms with Crippen LogP contribution in [0, 0.1) is 5.82 Å². The molecule has 0 amide bonds. The summed E-state index contributed by atoms with van der Waals surface area (Å²) in [5.74, 6) is -0.158. The molecule has 4 rings (SSSR count). The number of methoxy groups -OCH3 is 1. The minimum atomic E-state index is -0.538. The predicted molar refractivity (Wildman–Crippen MR) is 125 cm³/mol. The third-order valence-corrected chi connectivity index (χ3v) is 6.12. The van der Waals surface area contributed by atoms with Gasteiger partial charge >= 0.3 is 5.97 Å². The molecule has 1 heterocycles. The molecule has 1 unspecified atom stereocenters. The van der Waals surface area contributed by atoms with Crippen LogP contribution in [-0.2, 0) is 20.9 Å². The van der Waals surface area contributed by atoms with Crippen molar-refractivity contribution in [2.75, 3.05) is 13.7 Å². The van der Waals surface area contributed by atoms with Gasteiger partial charge in [-0.1, -0.05) is 12.1 Å². The minimum Gasteiger partial charge on any atom is -0.496 e. The Bertz CT molecular complexity index is 1170. The molecule has 0 aromatic heterocycles. The van der Waals surface area contributed by atoms with E-state index in [2.05, 4.69) is 5.32 Å². The number of allylic oxidation sites excluding steroid dienone is 3. The number of carbonyl (C=O) groups excluding carboxylic acids is 2. The lowest BCUT2D eigenvalue weighted by Gasteiger charge is -2.34. The number of hydrogen-bond donors (Lipinski definition) is 1. The van der Waals surface area contributed by atoms with Gasteiger partial charge in [-0.05, 0) is 62.6 Å². The van der Waals surface area contributed by atoms with Crippen molar-refractivity contribution in [3.8, 4) is 11.5 Å². The lowest BCUT2D eigenvalue weighted by Crippen LogP contribution is -2.34. The van der Waals surface area contributed by atoms with E-state index in [4.69, 9.17) is 14.2 Å². The fourth-order valence-corrected chi connectivity index (χ4v) is 4.55. The first-order valence-electron chi connectivity index (χ1n) is 11.4. The molecule has 1 N–H and O–H groups in total. The predicted octanol–water partition coefficient (Wildman–Crippen LogP) is 4.94. The van der Waals surface area contributed by atoms with Crippen LogP contribution >= 0.6 is 0 Å². The van der Waals surface area contributed by atoms with E-state index in [9.17, 15) is 14.0 Å². The molecule has 1 aliphatic carbocycles. The average molecular weight is 466 g/mol. The lowest BCUT2D eigenvalue weighted by atomic mass is 9.75. The highest BCUT2D eigenvalue weighted by Gasteiger charge is 2.39. The molecule has 1 aliphatic heterocycles. The van der Waals surface area contributed by atoms with Gasteiger partial charge in [-0.15, -0.1) is 0 Å². The fourth-order valence-electron chi connectivity index (χ4n) is 4.55. The number of rotatable bonds is 7. The van der Waals surface area contributed by atoms with Crippen LogP contribution in [0.3, 0.4) is 0 Å². The van der Waals surface area contributed by atoms with Gasteiger partial charge in [-0.25, -0.2) is 9.18 Å². The fraction of sp³-hybridized carbons (Fsp3) is 0.333. The summed E-state index contributed by atoms with van der Waals surface area (Å²) in [4.78, 5) is 25.9. The Morgan fingerprint density at radius 3 is 2.62 bits per heavy atom. The van der Waals surface area contributed by atoms with E-state index in [-0.39, 0.29) is 24.8 Å². The SMILES string of the molecule is CCOC(=O)C1=C(C)NC2=C(C(=O)CCC2)C1c1ccc(COc2ccc(F)cc2)c(OC)c1. The molecule has 2 aromatic carbocycles. The monoisotopic (exact) mass is 465 g/mol. The maximum absolute atomic E-state index is 13.2. The molecule has 2 aliphatic rings. The quantitative estimate of drug-likeness (QED) is 0.584. The molecule has 1 atom stereocenters. The Balaban J connectivity index is 1.71. The Morgan fingerprint density at radius 1 is 1.15 bits per heavy atom. The van der Waals surface area contributed by atoms with Gasteiger partial charge in [0.25, 0.3) is 0 Å². The number of Topliss-reactive ketones (excluding diaryl/α,β-unsaturated/α-hetero) is 1. The minimum absolute atomic E-state index is 0.0377. The van der Waals surface area contributed by atoms with Crippen LogP contribution in [0.2, 0.25) is 0 Å². The molecule has 178 valence electrons. The number of benzene rings is 2. The molecule has 34 heavy (non-hydrogen) atoms. The first-order valence-corrected chi connectivity index (χ1v) is 11.4. The van der Waals surface area contributed by atoms with E-state index >= 15 is 0 Å². The Morgan fingerprint density at radius 2 is 1.91 bits per heavy atom. The number of ketones is 1. The topological polar surface area (TPSA) is 73.9 Å². The van der Waals surface area contributed by atoms with E-state index in [1.807, 2.05) is 25.1 Å². The van der Waals surface area contributed by atoms with E-state index in [0.717, 1.165) is 29.7 Å². The summed E-state index contributed by atoms with van der Waals surface area (Å²) in [6.45, 7) is 4.05. The molecule has 2 aromatic rings. The Hall–Kier alpha value is -3.61. The third-order valence-electron chi connectivity index (χ3n) is 6.12. The van der Waals surface area contributed by atoms with Gasteiger partial charge in [0.15, 0.2) is 5.78 Å². The smallest absolute Gasteiger partial charge is 0.336 e. The molecule has 6 nitrogen and oxygen atoms in total. The Labute approximate surface area is 198 Å². The van der Waals surface area contributed by atoms with Crippen molar-refractivity contribution >= 4 is 11.8 Å². The van der Waals surface area contributed by atoms with Gasteiger partial charge in [-0.3, -0.25) is 4.79 Å². The van der Waals surface area contributed by atoms with Crippen LogP contribution in [0.15, 0.2) is 65.0 Å². The number of halogens is 1. The standard InChI is InChI=1S/C27H28FNO5/c1-4-33-27(31)24-16(2)29-21-6-5-7-22(30)26(21)25(24)17-8-9-18(23(14-17)32-3)15-34-20-12-10-19(28)11-13-20/h8-14,25,29H,4-7,15H2,1-3H3. The van der Waals surface area contributed by atoms with Crippen molar-refractivity contribution in [1.82, 2.24) is 5.32 Å². The first-order chi connectivity index (χ1) is 16.4. The van der Waals surface area contributed by atoms with E-state index in [1.54, 1.807) is 26.2 Å². The number of carbonyl (C=O) groups is 2. The molecule has 0 saturated carbocycles. The van der Waals surface area contributed by atoms with Gasteiger partial charge < -0.3 is 19.5 Å². The molecular formula is C27H28FNO5. The molecule has 0 fully saturated rings. The Kier molecular flexibility index (Phi) is 7.01. The molecule has 0 bridgehead atoms. The van der Waals surface area contributed by atoms with Crippen molar-refractivity contribution in [3.63, 3.8) is 0 Å². The second-order valence-electron chi connectivity index (χ2n) is 8.30. The molecule has 7 heteroatoms. The highest BCUT2D eigenvalue weighted by molar-refractivity contribution is 6.03. The summed E-state index contributed by atoms with van der Waals surface area (Å²) in [5.41, 5.74) is 4.18. The van der Waals surface area contributed by atoms with Gasteiger partial charge in [0.05, 0.1) is 19.3 Å². The zero-order valence-corrected chi connectivity index (χ0v) is 19.6. The van der Waals surface area contributed by atoms with Crippen molar-refractivity contribution in [1.29, 1.82) is 0 Å². The van der Waals surface area contributed by atoms with Crippen LogP contribution in [0.25, 0.3) is 0 Å². The highest BCUT2D eigenvalue weighted by Crippen LogP contribution is 2.43. The second-order valence-corrected chi connectivity index (χ2v) is 8.30. The summed E-state index contributed by atoms with van der Waals surface area (Å²) in [6.07, 6.45) is 1.99. The summed E-state index contributed by atoms with van der Waals surface area (Å²) in [7, 11) is 1.56. The lowest BCUT2D eigenvalue weighted by molar-refractivity contribution is -0.138. The largest absolute Gasteiger partial charge is 0.496 e. The zero-order chi connectivity index (χ0) is 24.2. The number of dihydropyridines is 1.